The summed E-state index contributed by atoms with van der Waals surface area (Å²) >= 11 is 5.83. The Hall–Kier alpha value is -1.26. The maximum absolute atomic E-state index is 11.1. The number of methoxy groups -OCH3 is 1. The fourth-order valence-corrected chi connectivity index (χ4v) is 1.40. The van der Waals surface area contributed by atoms with Crippen molar-refractivity contribution in [2.24, 2.45) is 5.73 Å². The number of halogens is 1. The van der Waals surface area contributed by atoms with Crippen LogP contribution < -0.4 is 5.73 Å². The van der Waals surface area contributed by atoms with Gasteiger partial charge in [0.25, 0.3) is 0 Å². The fraction of sp³-hybridized carbons (Fsp3) is 0.300. The zero-order valence-electron chi connectivity index (χ0n) is 8.24. The molecule has 0 saturated carbocycles. The molecular weight excluding hydrogens is 218 g/mol. The monoisotopic (exact) mass is 229 g/mol. The third-order valence-electron chi connectivity index (χ3n) is 2.00. The largest absolute Gasteiger partial charge is 0.506 e. The van der Waals surface area contributed by atoms with Crippen molar-refractivity contribution in [1.29, 1.82) is 0 Å². The summed E-state index contributed by atoms with van der Waals surface area (Å²) in [5.41, 5.74) is 6.18. The van der Waals surface area contributed by atoms with Crippen LogP contribution in [-0.4, -0.2) is 24.2 Å². The first kappa shape index (κ1) is 11.8. The molecule has 1 rings (SSSR count). The minimum absolute atomic E-state index is 0.0220. The Kier molecular flexibility index (Phi) is 3.94. The average molecular weight is 230 g/mol. The number of carbonyl (C=O) groups is 1. The van der Waals surface area contributed by atoms with Gasteiger partial charge in [-0.2, -0.15) is 0 Å². The highest BCUT2D eigenvalue weighted by atomic mass is 35.5. The zero-order chi connectivity index (χ0) is 11.4. The van der Waals surface area contributed by atoms with Crippen molar-refractivity contribution in [2.45, 2.75) is 12.5 Å². The van der Waals surface area contributed by atoms with Crippen molar-refractivity contribution in [3.63, 3.8) is 0 Å². The van der Waals surface area contributed by atoms with Crippen LogP contribution in [0.15, 0.2) is 18.2 Å². The van der Waals surface area contributed by atoms with E-state index in [1.165, 1.54) is 13.2 Å². The van der Waals surface area contributed by atoms with E-state index in [1.54, 1.807) is 12.1 Å². The van der Waals surface area contributed by atoms with Gasteiger partial charge in [-0.05, 0) is 18.1 Å². The van der Waals surface area contributed by atoms with E-state index in [-0.39, 0.29) is 17.2 Å². The summed E-state index contributed by atoms with van der Waals surface area (Å²) in [6, 6.07) is 4.04. The molecule has 4 nitrogen and oxygen atoms in total. The van der Waals surface area contributed by atoms with E-state index in [0.717, 1.165) is 0 Å². The van der Waals surface area contributed by atoms with Gasteiger partial charge < -0.3 is 15.6 Å². The lowest BCUT2D eigenvalue weighted by Gasteiger charge is -2.10. The predicted octanol–water partition coefficient (Wildman–Crippen LogP) is 1.09. The summed E-state index contributed by atoms with van der Waals surface area (Å²) in [7, 11) is 1.27. The van der Waals surface area contributed by atoms with Crippen LogP contribution >= 0.6 is 11.6 Å². The Balaban J connectivity index is 2.81. The molecule has 0 heterocycles. The number of aromatic hydroxyl groups is 1. The van der Waals surface area contributed by atoms with E-state index >= 15 is 0 Å². The first-order valence-corrected chi connectivity index (χ1v) is 4.73. The highest BCUT2D eigenvalue weighted by molar-refractivity contribution is 6.32. The number of hydrogen-bond acceptors (Lipinski definition) is 4. The molecule has 1 unspecified atom stereocenters. The van der Waals surface area contributed by atoms with Crippen LogP contribution in [0.3, 0.4) is 0 Å². The molecule has 0 aliphatic heterocycles. The third kappa shape index (κ3) is 2.84. The molecule has 0 spiro atoms. The Morgan fingerprint density at radius 2 is 2.33 bits per heavy atom. The maximum atomic E-state index is 11.1. The van der Waals surface area contributed by atoms with Gasteiger partial charge in [-0.1, -0.05) is 23.7 Å². The maximum Gasteiger partial charge on any atom is 0.322 e. The van der Waals surface area contributed by atoms with Crippen LogP contribution in [0, 0.1) is 0 Å². The van der Waals surface area contributed by atoms with Gasteiger partial charge in [0, 0.05) is 0 Å². The Morgan fingerprint density at radius 1 is 1.67 bits per heavy atom. The van der Waals surface area contributed by atoms with Crippen LogP contribution in [-0.2, 0) is 16.0 Å². The standard InChI is InChI=1S/C10H12ClNO3/c1-15-10(14)7(12)5-6-3-2-4-8(13)9(6)11/h2-4,7,13H,5,12H2,1H3. The van der Waals surface area contributed by atoms with Crippen molar-refractivity contribution in [3.8, 4) is 5.75 Å². The van der Waals surface area contributed by atoms with E-state index in [2.05, 4.69) is 4.74 Å². The number of nitrogens with two attached hydrogens (primary N) is 1. The van der Waals surface area contributed by atoms with Crippen LogP contribution in [0.5, 0.6) is 5.75 Å². The number of phenolic OH excluding ortho intramolecular Hbond substituents is 1. The smallest absolute Gasteiger partial charge is 0.322 e. The SMILES string of the molecule is COC(=O)C(N)Cc1cccc(O)c1Cl. The Bertz CT molecular complexity index is 368. The number of rotatable bonds is 3. The van der Waals surface area contributed by atoms with Crippen molar-refractivity contribution < 1.29 is 14.6 Å². The number of hydrogen-bond donors (Lipinski definition) is 2. The van der Waals surface area contributed by atoms with Crippen molar-refractivity contribution >= 4 is 17.6 Å². The van der Waals surface area contributed by atoms with Gasteiger partial charge in [0.1, 0.15) is 11.8 Å². The lowest BCUT2D eigenvalue weighted by Crippen LogP contribution is -2.33. The summed E-state index contributed by atoms with van der Waals surface area (Å²) < 4.78 is 4.48. The lowest BCUT2D eigenvalue weighted by molar-refractivity contribution is -0.142. The van der Waals surface area contributed by atoms with E-state index in [0.29, 0.717) is 5.56 Å². The number of ether oxygens (including phenoxy) is 1. The molecular formula is C10H12ClNO3. The quantitative estimate of drug-likeness (QED) is 0.761. The molecule has 0 bridgehead atoms. The van der Waals surface area contributed by atoms with Gasteiger partial charge in [0.05, 0.1) is 12.1 Å². The second kappa shape index (κ2) is 5.00. The van der Waals surface area contributed by atoms with Crippen LogP contribution in [0.1, 0.15) is 5.56 Å². The van der Waals surface area contributed by atoms with Gasteiger partial charge in [-0.3, -0.25) is 4.79 Å². The van der Waals surface area contributed by atoms with Crippen LogP contribution in [0.2, 0.25) is 5.02 Å². The molecule has 1 atom stereocenters. The molecule has 82 valence electrons. The number of benzene rings is 1. The molecule has 0 aliphatic rings. The van der Waals surface area contributed by atoms with Gasteiger partial charge >= 0.3 is 5.97 Å². The normalized spacial score (nSPS) is 12.2. The number of esters is 1. The summed E-state index contributed by atoms with van der Waals surface area (Å²) in [5, 5.41) is 9.54. The predicted molar refractivity (Wildman–Crippen MR) is 56.8 cm³/mol. The summed E-state index contributed by atoms with van der Waals surface area (Å²) in [5.74, 6) is -0.527. The highest BCUT2D eigenvalue weighted by Gasteiger charge is 2.16. The molecule has 5 heteroatoms. The minimum Gasteiger partial charge on any atom is -0.506 e. The van der Waals surface area contributed by atoms with Gasteiger partial charge in [0.2, 0.25) is 0 Å². The van der Waals surface area contributed by atoms with Crippen molar-refractivity contribution in [1.82, 2.24) is 0 Å². The van der Waals surface area contributed by atoms with E-state index in [9.17, 15) is 9.90 Å². The van der Waals surface area contributed by atoms with Crippen molar-refractivity contribution in [2.75, 3.05) is 7.11 Å². The average Bonchev–Trinajstić information content (AvgIpc) is 2.23. The van der Waals surface area contributed by atoms with E-state index < -0.39 is 12.0 Å². The van der Waals surface area contributed by atoms with Crippen LogP contribution in [0.25, 0.3) is 0 Å². The molecule has 0 fully saturated rings. The molecule has 0 radical (unpaired) electrons. The Labute approximate surface area is 92.6 Å². The number of phenols is 1. The molecule has 0 amide bonds. The Morgan fingerprint density at radius 3 is 2.93 bits per heavy atom. The second-order valence-corrected chi connectivity index (χ2v) is 3.46. The molecule has 0 aromatic heterocycles. The first-order chi connectivity index (χ1) is 7.06. The third-order valence-corrected chi connectivity index (χ3v) is 2.44. The summed E-state index contributed by atoms with van der Waals surface area (Å²) in [6.45, 7) is 0. The molecule has 0 aliphatic carbocycles. The van der Waals surface area contributed by atoms with Gasteiger partial charge in [-0.25, -0.2) is 0 Å². The first-order valence-electron chi connectivity index (χ1n) is 4.36. The topological polar surface area (TPSA) is 72.5 Å². The zero-order valence-corrected chi connectivity index (χ0v) is 8.99. The van der Waals surface area contributed by atoms with Gasteiger partial charge in [0.15, 0.2) is 0 Å². The molecule has 1 aromatic rings. The molecule has 3 N–H and O–H groups in total. The molecule has 15 heavy (non-hydrogen) atoms. The summed E-state index contributed by atoms with van der Waals surface area (Å²) in [4.78, 5) is 11.1. The fourth-order valence-electron chi connectivity index (χ4n) is 1.20. The van der Waals surface area contributed by atoms with Crippen molar-refractivity contribution in [3.05, 3.63) is 28.8 Å². The number of carbonyl (C=O) groups excluding carboxylic acids is 1. The molecule has 0 saturated heterocycles. The van der Waals surface area contributed by atoms with Crippen LogP contribution in [0.4, 0.5) is 0 Å². The highest BCUT2D eigenvalue weighted by Crippen LogP contribution is 2.27. The van der Waals surface area contributed by atoms with E-state index in [4.69, 9.17) is 17.3 Å². The molecule has 1 aromatic carbocycles. The lowest BCUT2D eigenvalue weighted by atomic mass is 10.1. The summed E-state index contributed by atoms with van der Waals surface area (Å²) in [6.07, 6.45) is 0.236. The minimum atomic E-state index is -0.769. The second-order valence-electron chi connectivity index (χ2n) is 3.08. The van der Waals surface area contributed by atoms with Gasteiger partial charge in [-0.15, -0.1) is 0 Å². The van der Waals surface area contributed by atoms with E-state index in [1.807, 2.05) is 0 Å².